The number of benzene rings is 2. The van der Waals surface area contributed by atoms with Gasteiger partial charge in [0, 0.05) is 0 Å². The topological polar surface area (TPSA) is 88.1 Å². The standard InChI is InChI=1S/C20H20F2N2O5/c1-20(12-3-8-16(21)17(22)9-12)18(26)24(19(27)23-20)10-13(25)11-29-15-6-4-14(28-2)5-7-15/h3-9,13,25H,10-11H2,1-2H3,(H,23,27). The molecule has 1 fully saturated rings. The van der Waals surface area contributed by atoms with Crippen LogP contribution in [0.3, 0.4) is 0 Å². The molecule has 1 saturated heterocycles. The van der Waals surface area contributed by atoms with Crippen LogP contribution < -0.4 is 14.8 Å². The number of aliphatic hydroxyl groups excluding tert-OH is 1. The van der Waals surface area contributed by atoms with Crippen LogP contribution in [0.1, 0.15) is 12.5 Å². The average Bonchev–Trinajstić information content (AvgIpc) is 2.92. The molecule has 2 N–H and O–H groups in total. The molecule has 0 aliphatic carbocycles. The van der Waals surface area contributed by atoms with Gasteiger partial charge in [0.2, 0.25) is 0 Å². The van der Waals surface area contributed by atoms with E-state index in [1.807, 2.05) is 0 Å². The van der Waals surface area contributed by atoms with Crippen molar-refractivity contribution in [1.82, 2.24) is 10.2 Å². The van der Waals surface area contributed by atoms with Crippen LogP contribution in [0, 0.1) is 11.6 Å². The van der Waals surface area contributed by atoms with Crippen molar-refractivity contribution in [3.8, 4) is 11.5 Å². The van der Waals surface area contributed by atoms with Crippen LogP contribution in [0.4, 0.5) is 13.6 Å². The molecule has 7 nitrogen and oxygen atoms in total. The highest BCUT2D eigenvalue weighted by atomic mass is 19.2. The van der Waals surface area contributed by atoms with Crippen molar-refractivity contribution in [2.75, 3.05) is 20.3 Å². The molecular formula is C20H20F2N2O5. The summed E-state index contributed by atoms with van der Waals surface area (Å²) >= 11 is 0. The van der Waals surface area contributed by atoms with Gasteiger partial charge in [-0.3, -0.25) is 9.69 Å². The smallest absolute Gasteiger partial charge is 0.325 e. The van der Waals surface area contributed by atoms with E-state index < -0.39 is 35.2 Å². The van der Waals surface area contributed by atoms with Crippen LogP contribution in [0.15, 0.2) is 42.5 Å². The third-order valence-electron chi connectivity index (χ3n) is 4.67. The zero-order chi connectivity index (χ0) is 21.2. The first kappa shape index (κ1) is 20.5. The Balaban J connectivity index is 1.65. The fourth-order valence-electron chi connectivity index (χ4n) is 2.99. The fraction of sp³-hybridized carbons (Fsp3) is 0.300. The summed E-state index contributed by atoms with van der Waals surface area (Å²) in [7, 11) is 1.53. The quantitative estimate of drug-likeness (QED) is 0.689. The molecule has 29 heavy (non-hydrogen) atoms. The van der Waals surface area contributed by atoms with E-state index in [1.54, 1.807) is 24.3 Å². The average molecular weight is 406 g/mol. The molecule has 2 unspecified atom stereocenters. The minimum atomic E-state index is -1.57. The van der Waals surface area contributed by atoms with E-state index in [-0.39, 0.29) is 18.7 Å². The monoisotopic (exact) mass is 406 g/mol. The number of nitrogens with zero attached hydrogens (tertiary/aromatic N) is 1. The summed E-state index contributed by atoms with van der Waals surface area (Å²) < 4.78 is 37.2. The zero-order valence-corrected chi connectivity index (χ0v) is 15.8. The molecule has 3 rings (SSSR count). The lowest BCUT2D eigenvalue weighted by Crippen LogP contribution is -2.42. The number of nitrogens with one attached hydrogen (secondary N) is 1. The molecule has 1 heterocycles. The SMILES string of the molecule is COc1ccc(OCC(O)CN2C(=O)NC(C)(c3ccc(F)c(F)c3)C2=O)cc1. The second-order valence-electron chi connectivity index (χ2n) is 6.74. The van der Waals surface area contributed by atoms with Gasteiger partial charge in [0.05, 0.1) is 13.7 Å². The van der Waals surface area contributed by atoms with Gasteiger partial charge in [0.1, 0.15) is 29.7 Å². The van der Waals surface area contributed by atoms with E-state index in [1.165, 1.54) is 20.1 Å². The number of aliphatic hydroxyl groups is 1. The lowest BCUT2D eigenvalue weighted by atomic mass is 9.92. The highest BCUT2D eigenvalue weighted by Gasteiger charge is 2.49. The maximum absolute atomic E-state index is 13.6. The Bertz CT molecular complexity index is 922. The highest BCUT2D eigenvalue weighted by Crippen LogP contribution is 2.30. The van der Waals surface area contributed by atoms with Crippen LogP contribution in [0.25, 0.3) is 0 Å². The Labute approximate surface area is 165 Å². The Morgan fingerprint density at radius 2 is 1.76 bits per heavy atom. The van der Waals surface area contributed by atoms with E-state index in [4.69, 9.17) is 9.47 Å². The van der Waals surface area contributed by atoms with Gasteiger partial charge in [-0.15, -0.1) is 0 Å². The Morgan fingerprint density at radius 3 is 2.38 bits per heavy atom. The van der Waals surface area contributed by atoms with Crippen molar-refractivity contribution in [2.45, 2.75) is 18.6 Å². The fourth-order valence-corrected chi connectivity index (χ4v) is 2.99. The van der Waals surface area contributed by atoms with Gasteiger partial charge in [0.15, 0.2) is 11.6 Å². The summed E-state index contributed by atoms with van der Waals surface area (Å²) in [5.41, 5.74) is -1.47. The van der Waals surface area contributed by atoms with E-state index in [2.05, 4.69) is 5.32 Å². The van der Waals surface area contributed by atoms with Crippen molar-refractivity contribution in [3.63, 3.8) is 0 Å². The second kappa shape index (κ2) is 8.04. The van der Waals surface area contributed by atoms with Crippen molar-refractivity contribution < 1.29 is 33.0 Å². The van der Waals surface area contributed by atoms with Gasteiger partial charge in [-0.1, -0.05) is 6.07 Å². The van der Waals surface area contributed by atoms with Gasteiger partial charge >= 0.3 is 6.03 Å². The number of carbonyl (C=O) groups excluding carboxylic acids is 2. The number of halogens is 2. The lowest BCUT2D eigenvalue weighted by molar-refractivity contribution is -0.132. The van der Waals surface area contributed by atoms with Crippen LogP contribution >= 0.6 is 0 Å². The van der Waals surface area contributed by atoms with Gasteiger partial charge in [-0.25, -0.2) is 13.6 Å². The lowest BCUT2D eigenvalue weighted by Gasteiger charge is -2.23. The molecule has 9 heteroatoms. The number of methoxy groups -OCH3 is 1. The number of hydrogen-bond acceptors (Lipinski definition) is 5. The third kappa shape index (κ3) is 4.14. The first-order valence-electron chi connectivity index (χ1n) is 8.79. The highest BCUT2D eigenvalue weighted by molar-refractivity contribution is 6.07. The normalized spacial score (nSPS) is 19.8. The van der Waals surface area contributed by atoms with Crippen molar-refractivity contribution in [2.24, 2.45) is 0 Å². The summed E-state index contributed by atoms with van der Waals surface area (Å²) in [6.07, 6.45) is -1.15. The second-order valence-corrected chi connectivity index (χ2v) is 6.74. The van der Waals surface area contributed by atoms with Gasteiger partial charge in [-0.2, -0.15) is 0 Å². The van der Waals surface area contributed by atoms with E-state index in [9.17, 15) is 23.5 Å². The summed E-state index contributed by atoms with van der Waals surface area (Å²) in [6, 6.07) is 8.90. The maximum atomic E-state index is 13.6. The summed E-state index contributed by atoms with van der Waals surface area (Å²) in [4.78, 5) is 25.9. The molecule has 2 atom stereocenters. The minimum absolute atomic E-state index is 0.0984. The molecule has 0 radical (unpaired) electrons. The number of amides is 3. The molecule has 154 valence electrons. The van der Waals surface area contributed by atoms with E-state index in [0.717, 1.165) is 17.0 Å². The Morgan fingerprint density at radius 1 is 1.10 bits per heavy atom. The van der Waals surface area contributed by atoms with E-state index in [0.29, 0.717) is 11.5 Å². The number of ether oxygens (including phenoxy) is 2. The third-order valence-corrected chi connectivity index (χ3v) is 4.67. The molecule has 0 aromatic heterocycles. The van der Waals surface area contributed by atoms with Crippen LogP contribution in [-0.4, -0.2) is 48.3 Å². The molecule has 0 spiro atoms. The number of hydrogen-bond donors (Lipinski definition) is 2. The number of rotatable bonds is 7. The molecule has 2 aromatic carbocycles. The van der Waals surface area contributed by atoms with Crippen molar-refractivity contribution in [3.05, 3.63) is 59.7 Å². The van der Waals surface area contributed by atoms with Crippen molar-refractivity contribution in [1.29, 1.82) is 0 Å². The van der Waals surface area contributed by atoms with Crippen LogP contribution in [0.2, 0.25) is 0 Å². The van der Waals surface area contributed by atoms with Gasteiger partial charge in [-0.05, 0) is 48.9 Å². The molecule has 2 aromatic rings. The maximum Gasteiger partial charge on any atom is 0.325 e. The van der Waals surface area contributed by atoms with Crippen LogP contribution in [-0.2, 0) is 10.3 Å². The predicted octanol–water partition coefficient (Wildman–Crippen LogP) is 2.18. The molecule has 0 saturated carbocycles. The summed E-state index contributed by atoms with van der Waals surface area (Å²) in [6.45, 7) is 0.908. The molecule has 1 aliphatic rings. The van der Waals surface area contributed by atoms with Crippen molar-refractivity contribution >= 4 is 11.9 Å². The summed E-state index contributed by atoms with van der Waals surface area (Å²) in [5.74, 6) is -1.74. The summed E-state index contributed by atoms with van der Waals surface area (Å²) in [5, 5.41) is 12.7. The largest absolute Gasteiger partial charge is 0.497 e. The number of β-amino-alcohol motifs (C(OH)–C–C–N with tert-alkyl or cyclic N) is 1. The number of imide groups is 1. The molecule has 3 amide bonds. The first-order valence-corrected chi connectivity index (χ1v) is 8.79. The molecule has 1 aliphatic heterocycles. The molecular weight excluding hydrogens is 386 g/mol. The first-order chi connectivity index (χ1) is 13.7. The predicted molar refractivity (Wildman–Crippen MR) is 98.5 cm³/mol. The zero-order valence-electron chi connectivity index (χ0n) is 15.8. The minimum Gasteiger partial charge on any atom is -0.497 e. The van der Waals surface area contributed by atoms with E-state index >= 15 is 0 Å². The molecule has 0 bridgehead atoms. The number of carbonyl (C=O) groups is 2. The Kier molecular flexibility index (Phi) is 5.69. The van der Waals surface area contributed by atoms with Crippen LogP contribution in [0.5, 0.6) is 11.5 Å². The Hall–Kier alpha value is -3.20. The van der Waals surface area contributed by atoms with Gasteiger partial charge < -0.3 is 19.9 Å². The number of urea groups is 1. The van der Waals surface area contributed by atoms with Gasteiger partial charge in [0.25, 0.3) is 5.91 Å².